The van der Waals surface area contributed by atoms with Gasteiger partial charge in [-0.1, -0.05) is 11.6 Å². The van der Waals surface area contributed by atoms with Crippen LogP contribution in [-0.4, -0.2) is 19.5 Å². The average molecular weight is 506 g/mol. The van der Waals surface area contributed by atoms with Crippen LogP contribution in [0.1, 0.15) is 10.6 Å². The summed E-state index contributed by atoms with van der Waals surface area (Å²) < 4.78 is 32.1. The summed E-state index contributed by atoms with van der Waals surface area (Å²) in [5.74, 6) is -1.84. The van der Waals surface area contributed by atoms with Crippen molar-refractivity contribution in [1.82, 2.24) is 0 Å². The number of furan rings is 1. The maximum atomic E-state index is 12.3. The molecule has 0 fully saturated rings. The Balaban J connectivity index is 2.41. The molecule has 0 spiro atoms. The first-order chi connectivity index (χ1) is 9.70. The smallest absolute Gasteiger partial charge is 0.371 e. The lowest BCUT2D eigenvalue weighted by Crippen LogP contribution is -2.13. The van der Waals surface area contributed by atoms with Crippen molar-refractivity contribution in [2.75, 3.05) is 4.72 Å². The van der Waals surface area contributed by atoms with Crippen molar-refractivity contribution in [2.24, 2.45) is 0 Å². The van der Waals surface area contributed by atoms with E-state index in [1.54, 1.807) is 6.07 Å². The molecule has 0 amide bonds. The van der Waals surface area contributed by atoms with Gasteiger partial charge in [0.05, 0.1) is 5.69 Å². The fourth-order valence-corrected chi connectivity index (χ4v) is 4.62. The fourth-order valence-electron chi connectivity index (χ4n) is 1.41. The number of benzene rings is 1. The van der Waals surface area contributed by atoms with Crippen molar-refractivity contribution in [3.63, 3.8) is 0 Å². The summed E-state index contributed by atoms with van der Waals surface area (Å²) in [6, 6.07) is 5.56. The van der Waals surface area contributed by atoms with Crippen LogP contribution in [0.25, 0.3) is 0 Å². The molecule has 1 aromatic carbocycles. The molecule has 2 aromatic rings. The van der Waals surface area contributed by atoms with Gasteiger partial charge in [-0.2, -0.15) is 0 Å². The molecule has 1 heterocycles. The van der Waals surface area contributed by atoms with Gasteiger partial charge in [-0.05, 0) is 56.7 Å². The van der Waals surface area contributed by atoms with E-state index in [1.165, 1.54) is 12.1 Å². The zero-order valence-electron chi connectivity index (χ0n) is 9.93. The molecule has 0 bridgehead atoms. The Hall–Kier alpha value is -0.780. The third-order valence-electron chi connectivity index (χ3n) is 2.33. The van der Waals surface area contributed by atoms with E-state index < -0.39 is 21.8 Å². The van der Waals surface area contributed by atoms with Crippen LogP contribution in [-0.2, 0) is 10.0 Å². The summed E-state index contributed by atoms with van der Waals surface area (Å²) in [6.45, 7) is 0. The molecule has 0 aliphatic heterocycles. The largest absolute Gasteiger partial charge is 0.475 e. The Bertz CT molecular complexity index is 820. The van der Waals surface area contributed by atoms with E-state index in [1.807, 2.05) is 22.6 Å². The number of halogens is 3. The highest BCUT2D eigenvalue weighted by Gasteiger charge is 2.25. The van der Waals surface area contributed by atoms with Crippen molar-refractivity contribution in [3.8, 4) is 0 Å². The molecule has 21 heavy (non-hydrogen) atoms. The van der Waals surface area contributed by atoms with Crippen LogP contribution in [0.2, 0.25) is 5.02 Å². The summed E-state index contributed by atoms with van der Waals surface area (Å²) in [5.41, 5.74) is 0.324. The van der Waals surface area contributed by atoms with Crippen LogP contribution in [0.5, 0.6) is 0 Å². The minimum absolute atomic E-state index is 0.184. The number of hydrogen-bond donors (Lipinski definition) is 2. The molecule has 0 unspecified atom stereocenters. The minimum Gasteiger partial charge on any atom is -0.475 e. The zero-order chi connectivity index (χ0) is 15.8. The summed E-state index contributed by atoms with van der Waals surface area (Å²) in [7, 11) is -3.99. The highest BCUT2D eigenvalue weighted by molar-refractivity contribution is 14.1. The Kier molecular flexibility index (Phi) is 4.85. The van der Waals surface area contributed by atoms with Gasteiger partial charge >= 0.3 is 5.97 Å². The van der Waals surface area contributed by atoms with E-state index in [0.29, 0.717) is 14.3 Å². The fraction of sp³-hybridized carbons (Fsp3) is 0. The molecule has 1 aromatic heterocycles. The topological polar surface area (TPSA) is 96.6 Å². The van der Waals surface area contributed by atoms with E-state index in [2.05, 4.69) is 20.7 Å². The third-order valence-corrected chi connectivity index (χ3v) is 5.68. The van der Waals surface area contributed by atoms with E-state index in [9.17, 15) is 13.2 Å². The molecule has 6 nitrogen and oxygen atoms in total. The van der Waals surface area contributed by atoms with Gasteiger partial charge in [-0.3, -0.25) is 4.72 Å². The second-order valence-corrected chi connectivity index (χ2v) is 7.75. The summed E-state index contributed by atoms with van der Waals surface area (Å²) in [5, 5.41) is 9.28. The van der Waals surface area contributed by atoms with Gasteiger partial charge in [-0.15, -0.1) is 0 Å². The lowest BCUT2D eigenvalue weighted by molar-refractivity contribution is 0.0661. The first-order valence-electron chi connectivity index (χ1n) is 5.21. The lowest BCUT2D eigenvalue weighted by atomic mass is 10.3. The molecule has 112 valence electrons. The maximum absolute atomic E-state index is 12.3. The van der Waals surface area contributed by atoms with Gasteiger partial charge in [0.15, 0.2) is 4.67 Å². The molecule has 10 heteroatoms. The van der Waals surface area contributed by atoms with Gasteiger partial charge in [0, 0.05) is 14.7 Å². The lowest BCUT2D eigenvalue weighted by Gasteiger charge is -2.08. The van der Waals surface area contributed by atoms with Crippen LogP contribution in [0, 0.1) is 3.57 Å². The Labute approximate surface area is 146 Å². The molecule has 2 rings (SSSR count). The standard InChI is InChI=1S/C11H6BrClINO5S/c12-10-9(4-8(20-10)11(16)17)21(18,19)15-7-2-1-5(13)3-6(7)14/h1-4,15H,(H,16,17). The maximum Gasteiger partial charge on any atom is 0.371 e. The Morgan fingerprint density at radius 3 is 2.57 bits per heavy atom. The first-order valence-corrected chi connectivity index (χ1v) is 8.94. The molecule has 0 aliphatic carbocycles. The number of sulfonamides is 1. The van der Waals surface area contributed by atoms with Crippen molar-refractivity contribution >= 4 is 71.8 Å². The number of carboxylic acids is 1. The number of nitrogens with one attached hydrogen (secondary N) is 1. The minimum atomic E-state index is -3.99. The van der Waals surface area contributed by atoms with E-state index in [-0.39, 0.29) is 9.56 Å². The van der Waals surface area contributed by atoms with Gasteiger partial charge in [0.2, 0.25) is 5.76 Å². The van der Waals surface area contributed by atoms with Gasteiger partial charge in [0.25, 0.3) is 10.0 Å². The van der Waals surface area contributed by atoms with Crippen LogP contribution in [0.4, 0.5) is 5.69 Å². The van der Waals surface area contributed by atoms with Crippen LogP contribution in [0.3, 0.4) is 0 Å². The van der Waals surface area contributed by atoms with Crippen LogP contribution < -0.4 is 4.72 Å². The number of rotatable bonds is 4. The van der Waals surface area contributed by atoms with Gasteiger partial charge < -0.3 is 9.52 Å². The monoisotopic (exact) mass is 505 g/mol. The number of carboxylic acid groups (broad SMARTS) is 1. The van der Waals surface area contributed by atoms with E-state index in [0.717, 1.165) is 6.07 Å². The summed E-state index contributed by atoms with van der Waals surface area (Å²) >= 11 is 10.6. The van der Waals surface area contributed by atoms with Crippen molar-refractivity contribution < 1.29 is 22.7 Å². The van der Waals surface area contributed by atoms with E-state index >= 15 is 0 Å². The van der Waals surface area contributed by atoms with Gasteiger partial charge in [-0.25, -0.2) is 13.2 Å². The van der Waals surface area contributed by atoms with Gasteiger partial charge in [0.1, 0.15) is 4.90 Å². The van der Waals surface area contributed by atoms with Crippen LogP contribution >= 0.6 is 50.1 Å². The molecule has 0 saturated carbocycles. The molecule has 0 atom stereocenters. The molecular formula is C11H6BrClINO5S. The zero-order valence-corrected chi connectivity index (χ0v) is 15.2. The predicted molar refractivity (Wildman–Crippen MR) is 88.3 cm³/mol. The van der Waals surface area contributed by atoms with Crippen molar-refractivity contribution in [3.05, 3.63) is 43.3 Å². The number of aromatic carboxylic acids is 1. The quantitative estimate of drug-likeness (QED) is 0.615. The SMILES string of the molecule is O=C(O)c1cc(S(=O)(=O)Nc2ccc(Cl)cc2I)c(Br)o1. The first kappa shape index (κ1) is 16.6. The molecule has 0 radical (unpaired) electrons. The summed E-state index contributed by atoms with van der Waals surface area (Å²) in [6.07, 6.45) is 0. The average Bonchev–Trinajstić information content (AvgIpc) is 2.76. The summed E-state index contributed by atoms with van der Waals surface area (Å²) in [4.78, 5) is 10.5. The molecule has 0 aliphatic rings. The highest BCUT2D eigenvalue weighted by Crippen LogP contribution is 2.30. The second-order valence-electron chi connectivity index (χ2n) is 3.78. The van der Waals surface area contributed by atoms with Crippen LogP contribution in [0.15, 0.2) is 38.2 Å². The molecular weight excluding hydrogens is 500 g/mol. The third kappa shape index (κ3) is 3.71. The van der Waals surface area contributed by atoms with Crippen molar-refractivity contribution in [2.45, 2.75) is 4.90 Å². The van der Waals surface area contributed by atoms with E-state index in [4.69, 9.17) is 21.1 Å². The highest BCUT2D eigenvalue weighted by atomic mass is 127. The molecule has 0 saturated heterocycles. The molecule has 2 N–H and O–H groups in total. The Morgan fingerprint density at radius 1 is 1.38 bits per heavy atom. The predicted octanol–water partition coefficient (Wildman–Crippen LogP) is 3.80. The second kappa shape index (κ2) is 6.15. The van der Waals surface area contributed by atoms with Crippen molar-refractivity contribution in [1.29, 1.82) is 0 Å². The Morgan fingerprint density at radius 2 is 2.05 bits per heavy atom. The number of carbonyl (C=O) groups is 1. The number of anilines is 1. The normalized spacial score (nSPS) is 11.4. The number of hydrogen-bond acceptors (Lipinski definition) is 4.